The number of phosphoric ester groups is 1. The van der Waals surface area contributed by atoms with Gasteiger partial charge in [0, 0.05) is 13.0 Å². The number of aliphatic hydroxyl groups excluding tert-OH is 1. The number of hydrogen-bond acceptors (Lipinski definition) is 6. The molecule has 1 amide bonds. The number of aliphatic hydroxyl groups is 1. The second kappa shape index (κ2) is 43.3. The van der Waals surface area contributed by atoms with Crippen molar-refractivity contribution in [2.75, 3.05) is 19.8 Å². The van der Waals surface area contributed by atoms with Gasteiger partial charge in [0.1, 0.15) is 0 Å². The van der Waals surface area contributed by atoms with Gasteiger partial charge in [0.25, 0.3) is 0 Å². The lowest BCUT2D eigenvalue weighted by atomic mass is 10.0. The highest BCUT2D eigenvalue weighted by molar-refractivity contribution is 7.47. The molecule has 0 rings (SSSR count). The van der Waals surface area contributed by atoms with Crippen LogP contribution >= 0.6 is 7.82 Å². The van der Waals surface area contributed by atoms with Crippen molar-refractivity contribution in [2.45, 2.75) is 238 Å². The van der Waals surface area contributed by atoms with Gasteiger partial charge < -0.3 is 21.1 Å². The summed E-state index contributed by atoms with van der Waals surface area (Å²) < 4.78 is 22.1. The molecule has 0 saturated heterocycles. The average molecular weight is 811 g/mol. The second-order valence-corrected chi connectivity index (χ2v) is 17.4. The van der Waals surface area contributed by atoms with Gasteiger partial charge >= 0.3 is 7.82 Å². The summed E-state index contributed by atoms with van der Waals surface area (Å²) in [5.41, 5.74) is 5.38. The van der Waals surface area contributed by atoms with E-state index in [9.17, 15) is 19.4 Å². The fourth-order valence-corrected chi connectivity index (χ4v) is 7.63. The Bertz CT molecular complexity index is 974. The third kappa shape index (κ3) is 40.9. The fraction of sp³-hybridized carbons (Fsp3) is 0.851. The molecule has 0 aromatic carbocycles. The first kappa shape index (κ1) is 54.7. The van der Waals surface area contributed by atoms with E-state index in [0.717, 1.165) is 44.9 Å². The van der Waals surface area contributed by atoms with Crippen molar-refractivity contribution >= 4 is 13.7 Å². The molecule has 0 spiro atoms. The van der Waals surface area contributed by atoms with E-state index in [1.807, 2.05) is 6.08 Å². The smallest absolute Gasteiger partial charge is 0.387 e. The van der Waals surface area contributed by atoms with Crippen LogP contribution in [0.15, 0.2) is 36.5 Å². The van der Waals surface area contributed by atoms with E-state index in [4.69, 9.17) is 14.8 Å². The fourth-order valence-electron chi connectivity index (χ4n) is 6.87. The molecule has 0 aromatic rings. The highest BCUT2D eigenvalue weighted by Gasteiger charge is 2.26. The quantitative estimate of drug-likeness (QED) is 0.0274. The SMILES string of the molecule is CCCCCCCCCCCCC/C=C/CC/C=C/CC/C=C/C(O)C(COP(=O)(O)OCCN)NC(=O)CCCCCCCCCCCCCCCCCC. The molecule has 3 atom stereocenters. The summed E-state index contributed by atoms with van der Waals surface area (Å²) in [6.07, 6.45) is 52.0. The van der Waals surface area contributed by atoms with Gasteiger partial charge in [0.2, 0.25) is 5.91 Å². The zero-order chi connectivity index (χ0) is 41.1. The van der Waals surface area contributed by atoms with E-state index in [1.165, 1.54) is 161 Å². The molecule has 0 heterocycles. The Labute approximate surface area is 346 Å². The minimum absolute atomic E-state index is 0.0728. The first-order chi connectivity index (χ1) is 27.4. The molecule has 56 heavy (non-hydrogen) atoms. The average Bonchev–Trinajstić information content (AvgIpc) is 3.19. The van der Waals surface area contributed by atoms with Gasteiger partial charge in [-0.05, 0) is 44.9 Å². The van der Waals surface area contributed by atoms with Crippen LogP contribution in [0.25, 0.3) is 0 Å². The van der Waals surface area contributed by atoms with E-state index in [0.29, 0.717) is 6.42 Å². The minimum atomic E-state index is -4.35. The third-order valence-corrected chi connectivity index (χ3v) is 11.4. The van der Waals surface area contributed by atoms with E-state index in [-0.39, 0.29) is 25.7 Å². The molecule has 9 heteroatoms. The Balaban J connectivity index is 4.22. The lowest BCUT2D eigenvalue weighted by Crippen LogP contribution is -2.45. The van der Waals surface area contributed by atoms with Crippen molar-refractivity contribution in [1.82, 2.24) is 5.32 Å². The van der Waals surface area contributed by atoms with Crippen LogP contribution in [0.5, 0.6) is 0 Å². The van der Waals surface area contributed by atoms with Gasteiger partial charge in [-0.3, -0.25) is 13.8 Å². The summed E-state index contributed by atoms with van der Waals surface area (Å²) >= 11 is 0. The zero-order valence-corrected chi connectivity index (χ0v) is 37.5. The van der Waals surface area contributed by atoms with Crippen LogP contribution in [-0.4, -0.2) is 47.8 Å². The molecule has 0 aliphatic heterocycles. The number of hydrogen-bond donors (Lipinski definition) is 4. The summed E-state index contributed by atoms with van der Waals surface area (Å²) in [5, 5.41) is 13.7. The third-order valence-electron chi connectivity index (χ3n) is 10.4. The molecular weight excluding hydrogens is 719 g/mol. The molecular formula is C47H91N2O6P. The topological polar surface area (TPSA) is 131 Å². The molecule has 330 valence electrons. The first-order valence-electron chi connectivity index (χ1n) is 23.6. The van der Waals surface area contributed by atoms with E-state index in [2.05, 4.69) is 43.5 Å². The Morgan fingerprint density at radius 3 is 1.38 bits per heavy atom. The number of unbranched alkanes of at least 4 members (excludes halogenated alkanes) is 28. The van der Waals surface area contributed by atoms with Crippen molar-refractivity contribution in [1.29, 1.82) is 0 Å². The zero-order valence-electron chi connectivity index (χ0n) is 36.6. The molecule has 0 aromatic heterocycles. The summed E-state index contributed by atoms with van der Waals surface area (Å²) in [7, 11) is -4.35. The van der Waals surface area contributed by atoms with Crippen molar-refractivity contribution < 1.29 is 28.4 Å². The number of allylic oxidation sites excluding steroid dienone is 5. The van der Waals surface area contributed by atoms with Gasteiger partial charge in [-0.25, -0.2) is 4.57 Å². The van der Waals surface area contributed by atoms with Crippen LogP contribution < -0.4 is 11.1 Å². The van der Waals surface area contributed by atoms with Crippen LogP contribution in [0.3, 0.4) is 0 Å². The van der Waals surface area contributed by atoms with Crippen molar-refractivity contribution in [2.24, 2.45) is 5.73 Å². The lowest BCUT2D eigenvalue weighted by molar-refractivity contribution is -0.123. The van der Waals surface area contributed by atoms with Crippen LogP contribution in [-0.2, 0) is 18.4 Å². The standard InChI is InChI=1S/C47H91N2O6P/c1-3-5-7-9-11-13-15-17-19-21-22-23-24-25-26-28-30-32-34-36-38-40-46(50)45(44-55-56(52,53)54-43-42-48)49-47(51)41-39-37-35-33-31-29-27-20-18-16-14-12-10-8-6-4-2/h24-25,30,32,38,40,45-46,50H,3-23,26-29,31,33-37,39,41-44,48H2,1-2H3,(H,49,51)(H,52,53)/b25-24+,32-30+,40-38+. The Morgan fingerprint density at radius 2 is 0.946 bits per heavy atom. The van der Waals surface area contributed by atoms with Gasteiger partial charge in [-0.15, -0.1) is 0 Å². The number of phosphoric acid groups is 1. The highest BCUT2D eigenvalue weighted by Crippen LogP contribution is 2.43. The van der Waals surface area contributed by atoms with Gasteiger partial charge in [-0.2, -0.15) is 0 Å². The van der Waals surface area contributed by atoms with Gasteiger partial charge in [-0.1, -0.05) is 211 Å². The minimum Gasteiger partial charge on any atom is -0.387 e. The van der Waals surface area contributed by atoms with E-state index < -0.39 is 20.0 Å². The van der Waals surface area contributed by atoms with Crippen molar-refractivity contribution in [3.8, 4) is 0 Å². The summed E-state index contributed by atoms with van der Waals surface area (Å²) in [6.45, 7) is 4.13. The highest BCUT2D eigenvalue weighted by atomic mass is 31.2. The van der Waals surface area contributed by atoms with Crippen molar-refractivity contribution in [3.63, 3.8) is 0 Å². The van der Waals surface area contributed by atoms with Crippen molar-refractivity contribution in [3.05, 3.63) is 36.5 Å². The summed E-state index contributed by atoms with van der Waals surface area (Å²) in [6, 6.07) is -0.880. The Hall–Kier alpha value is -1.28. The van der Waals surface area contributed by atoms with Crippen LogP contribution in [0, 0.1) is 0 Å². The molecule has 5 N–H and O–H groups in total. The molecule has 0 aliphatic carbocycles. The molecule has 0 saturated carbocycles. The number of carbonyl (C=O) groups excluding carboxylic acids is 1. The van der Waals surface area contributed by atoms with Crippen LogP contribution in [0.1, 0.15) is 226 Å². The molecule has 3 unspecified atom stereocenters. The number of amides is 1. The number of nitrogens with one attached hydrogen (secondary N) is 1. The Kier molecular flexibility index (Phi) is 42.3. The maximum Gasteiger partial charge on any atom is 0.472 e. The predicted octanol–water partition coefficient (Wildman–Crippen LogP) is 13.5. The maximum atomic E-state index is 12.8. The van der Waals surface area contributed by atoms with Gasteiger partial charge in [0.05, 0.1) is 25.4 Å². The Morgan fingerprint density at radius 1 is 0.571 bits per heavy atom. The van der Waals surface area contributed by atoms with E-state index in [1.54, 1.807) is 6.08 Å². The number of rotatable bonds is 44. The normalized spacial score (nSPS) is 14.3. The predicted molar refractivity (Wildman–Crippen MR) is 240 cm³/mol. The maximum absolute atomic E-state index is 12.8. The molecule has 0 aliphatic rings. The second-order valence-electron chi connectivity index (χ2n) is 16.0. The van der Waals surface area contributed by atoms with E-state index >= 15 is 0 Å². The summed E-state index contributed by atoms with van der Waals surface area (Å²) in [5.74, 6) is -0.206. The molecule has 0 fully saturated rings. The largest absolute Gasteiger partial charge is 0.472 e. The molecule has 0 bridgehead atoms. The number of carbonyl (C=O) groups is 1. The molecule has 8 nitrogen and oxygen atoms in total. The number of nitrogens with two attached hydrogens (primary N) is 1. The van der Waals surface area contributed by atoms with Gasteiger partial charge in [0.15, 0.2) is 0 Å². The van der Waals surface area contributed by atoms with Crippen LogP contribution in [0.4, 0.5) is 0 Å². The first-order valence-corrected chi connectivity index (χ1v) is 25.1. The molecule has 0 radical (unpaired) electrons. The monoisotopic (exact) mass is 811 g/mol. The summed E-state index contributed by atoms with van der Waals surface area (Å²) in [4.78, 5) is 22.7. The van der Waals surface area contributed by atoms with Crippen LogP contribution in [0.2, 0.25) is 0 Å². The lowest BCUT2D eigenvalue weighted by Gasteiger charge is -2.23.